The van der Waals surface area contributed by atoms with E-state index in [0.29, 0.717) is 0 Å². The second kappa shape index (κ2) is 23.4. The SMILES string of the molecule is CC1(C)OB(B2OC(C)(C)C(C)(C)O2)OC1(C)C.CC1(C)OB(c2cccc(-c3ccc(-c4ccc5c(c4)c4ccccc4n5-c4ccccc4)cc3)c2)OC1(C)C.Clc1cccc(-c2ccc(-c3ccc4c(c3)c3ccccc3n4-c3ccccc3)cc2)c1. The molecule has 2 aromatic heterocycles. The highest BCUT2D eigenvalue weighted by molar-refractivity contribution is 7.11. The Bertz CT molecular complexity index is 4510. The lowest BCUT2D eigenvalue weighted by molar-refractivity contribution is 0.00578. The second-order valence-electron chi connectivity index (χ2n) is 27.0. The van der Waals surface area contributed by atoms with Crippen LogP contribution in [-0.2, 0) is 27.9 Å². The predicted octanol–water partition coefficient (Wildman–Crippen LogP) is 19.4. The van der Waals surface area contributed by atoms with E-state index in [4.69, 9.17) is 39.5 Å². The highest BCUT2D eigenvalue weighted by atomic mass is 35.5. The molecule has 5 heterocycles. The fraction of sp³-hybridized carbons (Fsp3) is 0.231. The van der Waals surface area contributed by atoms with Crippen molar-refractivity contribution in [2.45, 2.75) is 117 Å². The van der Waals surface area contributed by atoms with Crippen LogP contribution in [0, 0.1) is 0 Å². The van der Waals surface area contributed by atoms with Gasteiger partial charge in [-0.1, -0.05) is 181 Å². The summed E-state index contributed by atoms with van der Waals surface area (Å²) in [5, 5.41) is 5.81. The van der Waals surface area contributed by atoms with Gasteiger partial charge in [0.2, 0.25) is 0 Å². The first-order valence-electron chi connectivity index (χ1n) is 31.3. The average molecular weight is 1210 g/mol. The summed E-state index contributed by atoms with van der Waals surface area (Å²) >= 11 is 6.17. The molecule has 0 N–H and O–H groups in total. The molecule has 3 aliphatic heterocycles. The van der Waals surface area contributed by atoms with Crippen molar-refractivity contribution in [3.8, 4) is 55.9 Å². The quantitative estimate of drug-likeness (QED) is 0.141. The Hall–Kier alpha value is -7.96. The van der Waals surface area contributed by atoms with Crippen LogP contribution in [0.25, 0.3) is 99.5 Å². The van der Waals surface area contributed by atoms with E-state index in [1.54, 1.807) is 0 Å². The van der Waals surface area contributed by atoms with Crippen molar-refractivity contribution in [3.63, 3.8) is 0 Å². The summed E-state index contributed by atoms with van der Waals surface area (Å²) < 4.78 is 41.1. The van der Waals surface area contributed by atoms with E-state index >= 15 is 0 Å². The first-order chi connectivity index (χ1) is 43.0. The zero-order valence-corrected chi connectivity index (χ0v) is 54.3. The first kappa shape index (κ1) is 60.9. The van der Waals surface area contributed by atoms with E-state index < -0.39 is 14.0 Å². The van der Waals surface area contributed by atoms with E-state index in [-0.39, 0.29) is 40.7 Å². The van der Waals surface area contributed by atoms with Gasteiger partial charge in [0.15, 0.2) is 0 Å². The molecule has 8 nitrogen and oxygen atoms in total. The van der Waals surface area contributed by atoms with Gasteiger partial charge < -0.3 is 37.1 Å². The average Bonchev–Trinajstić information content (AvgIpc) is 1.62. The van der Waals surface area contributed by atoms with E-state index in [1.807, 2.05) is 73.6 Å². The zero-order valence-electron chi connectivity index (χ0n) is 53.5. The van der Waals surface area contributed by atoms with E-state index in [1.165, 1.54) is 82.8 Å². The molecule has 3 saturated heterocycles. The molecular weight excluding hydrogens is 1130 g/mol. The maximum Gasteiger partial charge on any atom is 0.494 e. The van der Waals surface area contributed by atoms with Crippen molar-refractivity contribution in [1.29, 1.82) is 0 Å². The van der Waals surface area contributed by atoms with Crippen LogP contribution in [0.2, 0.25) is 5.02 Å². The van der Waals surface area contributed by atoms with E-state index in [9.17, 15) is 0 Å². The predicted molar refractivity (Wildman–Crippen MR) is 376 cm³/mol. The minimum absolute atomic E-state index is 0.357. The van der Waals surface area contributed by atoms with Crippen LogP contribution in [0.3, 0.4) is 0 Å². The molecule has 0 unspecified atom stereocenters. The topological polar surface area (TPSA) is 65.2 Å². The molecule has 0 radical (unpaired) electrons. The van der Waals surface area contributed by atoms with Gasteiger partial charge in [-0.15, -0.1) is 0 Å². The molecule has 90 heavy (non-hydrogen) atoms. The highest BCUT2D eigenvalue weighted by Gasteiger charge is 2.64. The first-order valence-corrected chi connectivity index (χ1v) is 31.7. The molecule has 0 aliphatic carbocycles. The number of benzene rings is 10. The monoisotopic (exact) mass is 1200 g/mol. The van der Waals surface area contributed by atoms with Crippen LogP contribution < -0.4 is 5.46 Å². The van der Waals surface area contributed by atoms with Crippen molar-refractivity contribution < 1.29 is 27.9 Å². The highest BCUT2D eigenvalue weighted by Crippen LogP contribution is 2.44. The molecule has 12 heteroatoms. The number of rotatable bonds is 8. The Morgan fingerprint density at radius 3 is 0.967 bits per heavy atom. The minimum Gasteiger partial charge on any atom is -0.405 e. The number of halogens is 1. The molecule has 3 aliphatic rings. The number of hydrogen-bond donors (Lipinski definition) is 0. The van der Waals surface area contributed by atoms with Crippen LogP contribution in [0.4, 0.5) is 0 Å². The number of fused-ring (bicyclic) bond motifs is 6. The summed E-state index contributed by atoms with van der Waals surface area (Å²) in [4.78, 5) is 0. The summed E-state index contributed by atoms with van der Waals surface area (Å²) in [6.45, 7) is 24.6. The van der Waals surface area contributed by atoms with Crippen molar-refractivity contribution in [2.75, 3.05) is 0 Å². The Kier molecular flexibility index (Phi) is 15.8. The standard InChI is InChI=1S/C36H32BNO2.C30H20ClN.C12H24B2O4/c1-35(2)36(3,4)40-37(39-35)29-12-10-11-27(23-29)25-17-19-26(20-18-25)28-21-22-34-32(24-28)31-15-8-9-16-33(31)38(34)30-13-6-5-7-14-30;31-25-8-6-7-23(19-25)21-13-15-22(16-14-21)24-17-18-30-28(20-24)27-11-4-5-12-29(27)32(30)26-9-2-1-3-10-26;1-9(2)10(3,4)16-13(15-9)14-17-11(5,6)12(7,8)18-14/h5-24H,1-4H3;1-20H;1-8H3. The Morgan fingerprint density at radius 2 is 0.578 bits per heavy atom. The molecule has 0 spiro atoms. The summed E-state index contributed by atoms with van der Waals surface area (Å²) in [5.41, 5.74) is 15.6. The minimum atomic E-state index is -0.476. The van der Waals surface area contributed by atoms with Crippen LogP contribution in [0.5, 0.6) is 0 Å². The van der Waals surface area contributed by atoms with Crippen molar-refractivity contribution in [3.05, 3.63) is 248 Å². The number of nitrogens with zero attached hydrogens (tertiary/aromatic N) is 2. The summed E-state index contributed by atoms with van der Waals surface area (Å²) in [6.07, 6.45) is 0. The molecule has 450 valence electrons. The van der Waals surface area contributed by atoms with Gasteiger partial charge in [-0.3, -0.25) is 0 Å². The molecule has 12 aromatic rings. The summed E-state index contributed by atoms with van der Waals surface area (Å²) in [5.74, 6) is 0. The fourth-order valence-electron chi connectivity index (χ4n) is 12.2. The molecule has 0 atom stereocenters. The lowest BCUT2D eigenvalue weighted by Gasteiger charge is -2.32. The van der Waals surface area contributed by atoms with Crippen LogP contribution in [0.15, 0.2) is 243 Å². The Labute approximate surface area is 536 Å². The molecule has 3 fully saturated rings. The van der Waals surface area contributed by atoms with Crippen LogP contribution in [0.1, 0.15) is 83.1 Å². The van der Waals surface area contributed by atoms with Gasteiger partial charge in [-0.25, -0.2) is 0 Å². The molecule has 10 aromatic carbocycles. The molecule has 15 rings (SSSR count). The van der Waals surface area contributed by atoms with Crippen molar-refractivity contribution in [2.24, 2.45) is 0 Å². The maximum atomic E-state index is 6.29. The van der Waals surface area contributed by atoms with Crippen molar-refractivity contribution >= 4 is 81.8 Å². The molecular formula is C78H76B3ClN2O6. The number of aromatic nitrogens is 2. The smallest absolute Gasteiger partial charge is 0.405 e. The van der Waals surface area contributed by atoms with Gasteiger partial charge in [0, 0.05) is 37.9 Å². The van der Waals surface area contributed by atoms with Gasteiger partial charge in [0.05, 0.1) is 55.7 Å². The third-order valence-corrected chi connectivity index (χ3v) is 19.7. The second-order valence-corrected chi connectivity index (χ2v) is 27.4. The van der Waals surface area contributed by atoms with Crippen LogP contribution in [-0.4, -0.2) is 63.9 Å². The lowest BCUT2D eigenvalue weighted by Crippen LogP contribution is -2.41. The van der Waals surface area contributed by atoms with Crippen molar-refractivity contribution in [1.82, 2.24) is 9.13 Å². The molecule has 0 bridgehead atoms. The van der Waals surface area contributed by atoms with Gasteiger partial charge in [-0.05, 0) is 206 Å². The maximum absolute atomic E-state index is 6.29. The fourth-order valence-corrected chi connectivity index (χ4v) is 12.4. The van der Waals surface area contributed by atoms with E-state index in [2.05, 4.69) is 261 Å². The number of para-hydroxylation sites is 4. The Morgan fingerprint density at radius 1 is 0.267 bits per heavy atom. The normalized spacial score (nSPS) is 17.6. The molecule has 0 saturated carbocycles. The summed E-state index contributed by atoms with van der Waals surface area (Å²) in [7, 11) is -1.32. The largest absolute Gasteiger partial charge is 0.494 e. The summed E-state index contributed by atoms with van der Waals surface area (Å²) in [6, 6.07) is 86.0. The Balaban J connectivity index is 0.000000133. The zero-order chi connectivity index (χ0) is 63.0. The van der Waals surface area contributed by atoms with E-state index in [0.717, 1.165) is 27.2 Å². The van der Waals surface area contributed by atoms with Gasteiger partial charge >= 0.3 is 21.1 Å². The molecule has 0 amide bonds. The third kappa shape index (κ3) is 11.4. The van der Waals surface area contributed by atoms with Gasteiger partial charge in [0.1, 0.15) is 0 Å². The number of hydrogen-bond acceptors (Lipinski definition) is 6. The lowest BCUT2D eigenvalue weighted by atomic mass is 9.49. The van der Waals surface area contributed by atoms with Crippen LogP contribution >= 0.6 is 11.6 Å². The van der Waals surface area contributed by atoms with Gasteiger partial charge in [-0.2, -0.15) is 0 Å². The third-order valence-electron chi connectivity index (χ3n) is 19.5. The van der Waals surface area contributed by atoms with Gasteiger partial charge in [0.25, 0.3) is 0 Å².